The van der Waals surface area contributed by atoms with Crippen LogP contribution in [0.4, 0.5) is 5.69 Å². The molecule has 21 heavy (non-hydrogen) atoms. The second kappa shape index (κ2) is 5.83. The lowest BCUT2D eigenvalue weighted by Gasteiger charge is -2.17. The van der Waals surface area contributed by atoms with E-state index < -0.39 is 0 Å². The van der Waals surface area contributed by atoms with Crippen LogP contribution >= 0.6 is 0 Å². The zero-order valence-corrected chi connectivity index (χ0v) is 12.7. The number of nitriles is 1. The number of benzene rings is 1. The molecule has 0 amide bonds. The molecule has 2 rings (SSSR count). The molecule has 0 fully saturated rings. The van der Waals surface area contributed by atoms with E-state index in [0.717, 1.165) is 11.4 Å². The number of aromatic nitrogens is 3. The summed E-state index contributed by atoms with van der Waals surface area (Å²) in [6.07, 6.45) is 1.92. The van der Waals surface area contributed by atoms with E-state index in [9.17, 15) is 0 Å². The van der Waals surface area contributed by atoms with Crippen molar-refractivity contribution in [1.82, 2.24) is 15.0 Å². The first-order valence-corrected chi connectivity index (χ1v) is 6.68. The fourth-order valence-electron chi connectivity index (χ4n) is 1.80. The van der Waals surface area contributed by atoms with Gasteiger partial charge in [0.05, 0.1) is 42.7 Å². The third kappa shape index (κ3) is 3.51. The Labute approximate surface area is 124 Å². The topological polar surface area (TPSA) is 75.8 Å². The maximum atomic E-state index is 8.89. The molecule has 1 aromatic heterocycles. The van der Waals surface area contributed by atoms with E-state index in [-0.39, 0.29) is 5.54 Å². The van der Waals surface area contributed by atoms with Crippen molar-refractivity contribution in [2.45, 2.75) is 32.9 Å². The van der Waals surface area contributed by atoms with Crippen molar-refractivity contribution in [3.63, 3.8) is 0 Å². The lowest BCUT2D eigenvalue weighted by atomic mass is 10.1. The van der Waals surface area contributed by atoms with Crippen molar-refractivity contribution in [3.8, 4) is 11.8 Å². The average Bonchev–Trinajstić information content (AvgIpc) is 2.94. The van der Waals surface area contributed by atoms with Gasteiger partial charge >= 0.3 is 0 Å². The molecule has 0 unspecified atom stereocenters. The lowest BCUT2D eigenvalue weighted by molar-refractivity contribution is 0.347. The number of hydrogen-bond donors (Lipinski definition) is 1. The monoisotopic (exact) mass is 285 g/mol. The summed E-state index contributed by atoms with van der Waals surface area (Å²) in [4.78, 5) is 0. The molecule has 0 bridgehead atoms. The second-order valence-electron chi connectivity index (χ2n) is 5.71. The highest BCUT2D eigenvalue weighted by atomic mass is 16.5. The number of ether oxygens (including phenoxy) is 1. The number of nitrogens with zero attached hydrogens (tertiary/aromatic N) is 4. The van der Waals surface area contributed by atoms with Gasteiger partial charge < -0.3 is 10.1 Å². The lowest BCUT2D eigenvalue weighted by Crippen LogP contribution is -2.22. The Morgan fingerprint density at radius 1 is 1.38 bits per heavy atom. The Morgan fingerprint density at radius 3 is 2.71 bits per heavy atom. The first-order valence-electron chi connectivity index (χ1n) is 6.68. The third-order valence-electron chi connectivity index (χ3n) is 3.02. The van der Waals surface area contributed by atoms with Crippen LogP contribution in [0.1, 0.15) is 32.0 Å². The molecule has 0 aliphatic carbocycles. The highest BCUT2D eigenvalue weighted by molar-refractivity contribution is 5.59. The van der Waals surface area contributed by atoms with Crippen LogP contribution in [0.3, 0.4) is 0 Å². The molecule has 0 saturated heterocycles. The first kappa shape index (κ1) is 14.9. The van der Waals surface area contributed by atoms with Crippen LogP contribution in [0, 0.1) is 11.3 Å². The van der Waals surface area contributed by atoms with Gasteiger partial charge in [-0.25, -0.2) is 4.68 Å². The molecule has 0 saturated carbocycles. The van der Waals surface area contributed by atoms with Crippen molar-refractivity contribution in [2.75, 3.05) is 12.4 Å². The third-order valence-corrected chi connectivity index (χ3v) is 3.02. The molecule has 2 aromatic rings. The molecule has 0 atom stereocenters. The van der Waals surface area contributed by atoms with E-state index in [2.05, 4.69) is 42.5 Å². The molecule has 0 spiro atoms. The van der Waals surface area contributed by atoms with E-state index in [0.29, 0.717) is 17.9 Å². The minimum atomic E-state index is -0.0859. The molecule has 6 heteroatoms. The van der Waals surface area contributed by atoms with Gasteiger partial charge in [-0.3, -0.25) is 0 Å². The van der Waals surface area contributed by atoms with Gasteiger partial charge in [-0.1, -0.05) is 5.21 Å². The predicted molar refractivity (Wildman–Crippen MR) is 80.1 cm³/mol. The van der Waals surface area contributed by atoms with Gasteiger partial charge in [0, 0.05) is 6.07 Å². The van der Waals surface area contributed by atoms with Gasteiger partial charge in [-0.15, -0.1) is 5.10 Å². The zero-order chi connectivity index (χ0) is 15.5. The standard InChI is InChI=1S/C15H19N5O/c1-15(2,3)20-10-12(18-19-20)9-17-13-6-5-11(8-16)7-14(13)21-4/h5-7,10,17H,9H2,1-4H3. The van der Waals surface area contributed by atoms with E-state index in [4.69, 9.17) is 10.00 Å². The van der Waals surface area contributed by atoms with Crippen molar-refractivity contribution >= 4 is 5.69 Å². The van der Waals surface area contributed by atoms with E-state index in [1.807, 2.05) is 16.9 Å². The van der Waals surface area contributed by atoms with Crippen molar-refractivity contribution < 1.29 is 4.74 Å². The molecule has 0 radical (unpaired) electrons. The Bertz CT molecular complexity index is 663. The van der Waals surface area contributed by atoms with Gasteiger partial charge in [0.2, 0.25) is 0 Å². The molecule has 1 N–H and O–H groups in total. The molecule has 0 aliphatic heterocycles. The number of nitrogens with one attached hydrogen (secondary N) is 1. The van der Waals surface area contributed by atoms with E-state index in [1.165, 1.54) is 0 Å². The number of rotatable bonds is 4. The molecular weight excluding hydrogens is 266 g/mol. The van der Waals surface area contributed by atoms with Crippen LogP contribution in [0.15, 0.2) is 24.4 Å². The van der Waals surface area contributed by atoms with Crippen LogP contribution in [0.5, 0.6) is 5.75 Å². The Hall–Kier alpha value is -2.55. The van der Waals surface area contributed by atoms with Gasteiger partial charge in [-0.2, -0.15) is 5.26 Å². The number of methoxy groups -OCH3 is 1. The number of anilines is 1. The summed E-state index contributed by atoms with van der Waals surface area (Å²) in [6, 6.07) is 7.36. The van der Waals surface area contributed by atoms with Crippen LogP contribution < -0.4 is 10.1 Å². The second-order valence-corrected chi connectivity index (χ2v) is 5.71. The maximum Gasteiger partial charge on any atom is 0.143 e. The van der Waals surface area contributed by atoms with Crippen LogP contribution in [0.25, 0.3) is 0 Å². The smallest absolute Gasteiger partial charge is 0.143 e. The van der Waals surface area contributed by atoms with Crippen molar-refractivity contribution in [2.24, 2.45) is 0 Å². The zero-order valence-electron chi connectivity index (χ0n) is 12.7. The summed E-state index contributed by atoms with van der Waals surface area (Å²) >= 11 is 0. The van der Waals surface area contributed by atoms with Gasteiger partial charge in [0.1, 0.15) is 11.4 Å². The van der Waals surface area contributed by atoms with Crippen molar-refractivity contribution in [3.05, 3.63) is 35.7 Å². The highest BCUT2D eigenvalue weighted by Crippen LogP contribution is 2.25. The summed E-state index contributed by atoms with van der Waals surface area (Å²) in [5.41, 5.74) is 2.14. The fraction of sp³-hybridized carbons (Fsp3) is 0.400. The van der Waals surface area contributed by atoms with E-state index >= 15 is 0 Å². The van der Waals surface area contributed by atoms with Crippen LogP contribution in [0.2, 0.25) is 0 Å². The Kier molecular flexibility index (Phi) is 4.13. The summed E-state index contributed by atoms with van der Waals surface area (Å²) in [7, 11) is 1.58. The van der Waals surface area contributed by atoms with E-state index in [1.54, 1.807) is 19.2 Å². The van der Waals surface area contributed by atoms with Crippen molar-refractivity contribution in [1.29, 1.82) is 5.26 Å². The summed E-state index contributed by atoms with van der Waals surface area (Å²) < 4.78 is 7.11. The highest BCUT2D eigenvalue weighted by Gasteiger charge is 2.15. The molecule has 6 nitrogen and oxygen atoms in total. The summed E-state index contributed by atoms with van der Waals surface area (Å²) in [5.74, 6) is 0.636. The molecular formula is C15H19N5O. The van der Waals surface area contributed by atoms with Gasteiger partial charge in [0.25, 0.3) is 0 Å². The Balaban J connectivity index is 2.10. The largest absolute Gasteiger partial charge is 0.495 e. The predicted octanol–water partition coefficient (Wildman–Crippen LogP) is 2.53. The molecule has 110 valence electrons. The number of hydrogen-bond acceptors (Lipinski definition) is 5. The maximum absolute atomic E-state index is 8.89. The van der Waals surface area contributed by atoms with Crippen LogP contribution in [-0.2, 0) is 12.1 Å². The molecule has 1 aromatic carbocycles. The fourth-order valence-corrected chi connectivity index (χ4v) is 1.80. The minimum absolute atomic E-state index is 0.0859. The SMILES string of the molecule is COc1cc(C#N)ccc1NCc1cn(C(C)(C)C)nn1. The van der Waals surface area contributed by atoms with Crippen LogP contribution in [-0.4, -0.2) is 22.1 Å². The molecule has 0 aliphatic rings. The quantitative estimate of drug-likeness (QED) is 0.934. The normalized spacial score (nSPS) is 11.0. The Morgan fingerprint density at radius 2 is 2.14 bits per heavy atom. The average molecular weight is 285 g/mol. The van der Waals surface area contributed by atoms with Gasteiger partial charge in [0.15, 0.2) is 0 Å². The summed E-state index contributed by atoms with van der Waals surface area (Å²) in [5, 5.41) is 20.4. The van der Waals surface area contributed by atoms with Gasteiger partial charge in [-0.05, 0) is 32.9 Å². The minimum Gasteiger partial charge on any atom is -0.495 e. The molecule has 1 heterocycles. The first-order chi connectivity index (χ1) is 9.94. The summed E-state index contributed by atoms with van der Waals surface area (Å²) in [6.45, 7) is 6.76.